The molecule has 0 aliphatic heterocycles. The van der Waals surface area contributed by atoms with E-state index in [0.717, 1.165) is 11.8 Å². The fourth-order valence-electron chi connectivity index (χ4n) is 3.43. The molecule has 94 valence electrons. The Bertz CT molecular complexity index is 205. The number of hydrogen-bond acceptors (Lipinski definition) is 2. The molecule has 2 rings (SSSR count). The maximum Gasteiger partial charge on any atom is 0.00819 e. The van der Waals surface area contributed by atoms with E-state index in [9.17, 15) is 0 Å². The summed E-state index contributed by atoms with van der Waals surface area (Å²) in [5.74, 6) is 1.85. The Morgan fingerprint density at radius 1 is 1.06 bits per heavy atom. The molecule has 0 radical (unpaired) electrons. The quantitative estimate of drug-likeness (QED) is 0.773. The summed E-state index contributed by atoms with van der Waals surface area (Å²) in [6.45, 7) is 3.66. The van der Waals surface area contributed by atoms with Crippen LogP contribution in [0.3, 0.4) is 0 Å². The van der Waals surface area contributed by atoms with Gasteiger partial charge in [-0.05, 0) is 44.1 Å². The zero-order chi connectivity index (χ0) is 11.4. The van der Waals surface area contributed by atoms with Gasteiger partial charge in [0.1, 0.15) is 0 Å². The first-order chi connectivity index (χ1) is 7.75. The molecule has 0 saturated heterocycles. The molecule has 0 amide bonds. The van der Waals surface area contributed by atoms with Crippen LogP contribution in [0.2, 0.25) is 0 Å². The molecule has 0 aromatic heterocycles. The third kappa shape index (κ3) is 3.46. The van der Waals surface area contributed by atoms with Crippen LogP contribution in [0.25, 0.3) is 0 Å². The molecule has 4 atom stereocenters. The molecule has 2 aliphatic rings. The summed E-state index contributed by atoms with van der Waals surface area (Å²) in [4.78, 5) is 0. The van der Waals surface area contributed by atoms with E-state index in [-0.39, 0.29) is 0 Å². The molecular formula is C14H28N2. The molecule has 16 heavy (non-hydrogen) atoms. The summed E-state index contributed by atoms with van der Waals surface area (Å²) >= 11 is 0. The Labute approximate surface area is 100 Å². The SMILES string of the molecule is CC1CCCCC1CNC1CCCC(N)C1. The largest absolute Gasteiger partial charge is 0.328 e. The fraction of sp³-hybridized carbons (Fsp3) is 1.00. The van der Waals surface area contributed by atoms with E-state index >= 15 is 0 Å². The van der Waals surface area contributed by atoms with Gasteiger partial charge in [0.15, 0.2) is 0 Å². The van der Waals surface area contributed by atoms with Gasteiger partial charge in [0.05, 0.1) is 0 Å². The molecule has 2 aliphatic carbocycles. The van der Waals surface area contributed by atoms with E-state index in [0.29, 0.717) is 12.1 Å². The van der Waals surface area contributed by atoms with Crippen LogP contribution in [0.15, 0.2) is 0 Å². The van der Waals surface area contributed by atoms with Crippen molar-refractivity contribution in [1.82, 2.24) is 5.32 Å². The molecule has 0 aromatic rings. The Morgan fingerprint density at radius 3 is 2.62 bits per heavy atom. The van der Waals surface area contributed by atoms with Gasteiger partial charge in [-0.2, -0.15) is 0 Å². The predicted octanol–water partition coefficient (Wildman–Crippen LogP) is 2.67. The third-order valence-electron chi connectivity index (χ3n) is 4.67. The van der Waals surface area contributed by atoms with Gasteiger partial charge in [-0.25, -0.2) is 0 Å². The second-order valence-electron chi connectivity index (χ2n) is 6.05. The van der Waals surface area contributed by atoms with Gasteiger partial charge in [0.2, 0.25) is 0 Å². The molecular weight excluding hydrogens is 196 g/mol. The van der Waals surface area contributed by atoms with Crippen LogP contribution in [0.5, 0.6) is 0 Å². The van der Waals surface area contributed by atoms with Gasteiger partial charge in [-0.15, -0.1) is 0 Å². The lowest BCUT2D eigenvalue weighted by atomic mass is 9.80. The number of hydrogen-bond donors (Lipinski definition) is 2. The van der Waals surface area contributed by atoms with Crippen molar-refractivity contribution >= 4 is 0 Å². The third-order valence-corrected chi connectivity index (χ3v) is 4.67. The summed E-state index contributed by atoms with van der Waals surface area (Å²) in [7, 11) is 0. The van der Waals surface area contributed by atoms with E-state index in [4.69, 9.17) is 5.73 Å². The van der Waals surface area contributed by atoms with Crippen LogP contribution in [0.4, 0.5) is 0 Å². The standard InChI is InChI=1S/C14H28N2/c1-11-5-2-3-6-12(11)10-16-14-8-4-7-13(15)9-14/h11-14,16H,2-10,15H2,1H3. The average molecular weight is 224 g/mol. The summed E-state index contributed by atoms with van der Waals surface area (Å²) < 4.78 is 0. The minimum absolute atomic E-state index is 0.454. The van der Waals surface area contributed by atoms with Gasteiger partial charge >= 0.3 is 0 Å². The highest BCUT2D eigenvalue weighted by atomic mass is 14.9. The van der Waals surface area contributed by atoms with Crippen molar-refractivity contribution in [2.75, 3.05) is 6.54 Å². The predicted molar refractivity (Wildman–Crippen MR) is 69.4 cm³/mol. The maximum absolute atomic E-state index is 6.02. The highest BCUT2D eigenvalue weighted by Gasteiger charge is 2.23. The van der Waals surface area contributed by atoms with Crippen molar-refractivity contribution < 1.29 is 0 Å². The highest BCUT2D eigenvalue weighted by Crippen LogP contribution is 2.29. The van der Waals surface area contributed by atoms with Gasteiger partial charge in [-0.1, -0.05) is 32.6 Å². The Hall–Kier alpha value is -0.0800. The van der Waals surface area contributed by atoms with Crippen molar-refractivity contribution in [3.63, 3.8) is 0 Å². The normalized spacial score (nSPS) is 40.9. The van der Waals surface area contributed by atoms with Crippen molar-refractivity contribution in [3.05, 3.63) is 0 Å². The van der Waals surface area contributed by atoms with Crippen LogP contribution in [-0.2, 0) is 0 Å². The summed E-state index contributed by atoms with van der Waals surface area (Å²) in [6.07, 6.45) is 10.9. The first-order valence-corrected chi connectivity index (χ1v) is 7.24. The molecule has 3 N–H and O–H groups in total. The minimum Gasteiger partial charge on any atom is -0.328 e. The second-order valence-corrected chi connectivity index (χ2v) is 6.05. The van der Waals surface area contributed by atoms with E-state index in [1.807, 2.05) is 0 Å². The molecule has 0 aromatic carbocycles. The van der Waals surface area contributed by atoms with Crippen LogP contribution >= 0.6 is 0 Å². The molecule has 2 saturated carbocycles. The van der Waals surface area contributed by atoms with Crippen molar-refractivity contribution in [1.29, 1.82) is 0 Å². The monoisotopic (exact) mass is 224 g/mol. The van der Waals surface area contributed by atoms with Gasteiger partial charge in [0, 0.05) is 12.1 Å². The zero-order valence-corrected chi connectivity index (χ0v) is 10.8. The molecule has 2 nitrogen and oxygen atoms in total. The van der Waals surface area contributed by atoms with E-state index < -0.39 is 0 Å². The van der Waals surface area contributed by atoms with Crippen LogP contribution in [0, 0.1) is 11.8 Å². The van der Waals surface area contributed by atoms with Crippen LogP contribution in [-0.4, -0.2) is 18.6 Å². The topological polar surface area (TPSA) is 38.0 Å². The highest BCUT2D eigenvalue weighted by molar-refractivity contribution is 4.82. The van der Waals surface area contributed by atoms with Gasteiger partial charge in [-0.3, -0.25) is 0 Å². The van der Waals surface area contributed by atoms with Gasteiger partial charge < -0.3 is 11.1 Å². The minimum atomic E-state index is 0.454. The first-order valence-electron chi connectivity index (χ1n) is 7.24. The molecule has 2 fully saturated rings. The zero-order valence-electron chi connectivity index (χ0n) is 10.8. The fourth-order valence-corrected chi connectivity index (χ4v) is 3.43. The lowest BCUT2D eigenvalue weighted by molar-refractivity contribution is 0.228. The Balaban J connectivity index is 1.69. The van der Waals surface area contributed by atoms with Crippen LogP contribution in [0.1, 0.15) is 58.3 Å². The summed E-state index contributed by atoms with van der Waals surface area (Å²) in [5.41, 5.74) is 6.02. The second kappa shape index (κ2) is 6.02. The Kier molecular flexibility index (Phi) is 4.66. The maximum atomic E-state index is 6.02. The van der Waals surface area contributed by atoms with Crippen molar-refractivity contribution in [2.24, 2.45) is 17.6 Å². The average Bonchev–Trinajstić information content (AvgIpc) is 2.28. The molecule has 2 heteroatoms. The molecule has 0 heterocycles. The molecule has 4 unspecified atom stereocenters. The van der Waals surface area contributed by atoms with Crippen molar-refractivity contribution in [3.8, 4) is 0 Å². The lowest BCUT2D eigenvalue weighted by Gasteiger charge is -2.33. The van der Waals surface area contributed by atoms with E-state index in [1.54, 1.807) is 0 Å². The number of nitrogens with one attached hydrogen (secondary N) is 1. The van der Waals surface area contributed by atoms with E-state index in [2.05, 4.69) is 12.2 Å². The van der Waals surface area contributed by atoms with Crippen molar-refractivity contribution in [2.45, 2.75) is 70.4 Å². The number of nitrogens with two attached hydrogens (primary N) is 1. The first kappa shape index (κ1) is 12.4. The molecule has 0 spiro atoms. The Morgan fingerprint density at radius 2 is 1.88 bits per heavy atom. The molecule has 0 bridgehead atoms. The summed E-state index contributed by atoms with van der Waals surface area (Å²) in [5, 5.41) is 3.77. The number of rotatable bonds is 3. The lowest BCUT2D eigenvalue weighted by Crippen LogP contribution is -2.42. The van der Waals surface area contributed by atoms with Gasteiger partial charge in [0.25, 0.3) is 0 Å². The van der Waals surface area contributed by atoms with E-state index in [1.165, 1.54) is 57.9 Å². The summed E-state index contributed by atoms with van der Waals surface area (Å²) in [6, 6.07) is 1.16. The smallest absolute Gasteiger partial charge is 0.00819 e. The van der Waals surface area contributed by atoms with Crippen LogP contribution < -0.4 is 11.1 Å².